The molecule has 1 aromatic rings. The van der Waals surface area contributed by atoms with Crippen molar-refractivity contribution in [3.8, 4) is 5.75 Å². The molecule has 0 unspecified atom stereocenters. The van der Waals surface area contributed by atoms with Gasteiger partial charge in [-0.2, -0.15) is 0 Å². The number of hydrogen-bond donors (Lipinski definition) is 3. The first kappa shape index (κ1) is 10.9. The Hall–Kier alpha value is -1.59. The van der Waals surface area contributed by atoms with Crippen LogP contribution in [0.2, 0.25) is 0 Å². The largest absolute Gasteiger partial charge is 0.497 e. The fourth-order valence-electron chi connectivity index (χ4n) is 1.75. The number of amides is 1. The molecule has 1 aliphatic heterocycles. The highest BCUT2D eigenvalue weighted by Gasteiger charge is 2.40. The van der Waals surface area contributed by atoms with Gasteiger partial charge in [0.25, 0.3) is 5.91 Å². The predicted molar refractivity (Wildman–Crippen MR) is 55.9 cm³/mol. The third kappa shape index (κ3) is 1.75. The molecule has 0 aromatic heterocycles. The molecular formula is C11H13NO4. The molecule has 0 radical (unpaired) electrons. The zero-order valence-electron chi connectivity index (χ0n) is 8.75. The Morgan fingerprint density at radius 1 is 1.25 bits per heavy atom. The van der Waals surface area contributed by atoms with E-state index in [1.807, 2.05) is 0 Å². The van der Waals surface area contributed by atoms with Crippen LogP contribution in [0.25, 0.3) is 0 Å². The summed E-state index contributed by atoms with van der Waals surface area (Å²) >= 11 is 0. The van der Waals surface area contributed by atoms with Crippen LogP contribution in [0.1, 0.15) is 11.6 Å². The van der Waals surface area contributed by atoms with E-state index in [1.54, 1.807) is 31.4 Å². The molecule has 1 amide bonds. The summed E-state index contributed by atoms with van der Waals surface area (Å²) in [7, 11) is 1.56. The predicted octanol–water partition coefficient (Wildman–Crippen LogP) is -0.412. The SMILES string of the molecule is COc1ccc([C@H]2NC(=O)[C@H](O)[C@H]2O)cc1. The molecule has 3 N–H and O–H groups in total. The normalized spacial score (nSPS) is 28.9. The second kappa shape index (κ2) is 4.11. The lowest BCUT2D eigenvalue weighted by Gasteiger charge is -2.15. The van der Waals surface area contributed by atoms with E-state index in [-0.39, 0.29) is 0 Å². The fraction of sp³-hybridized carbons (Fsp3) is 0.364. The molecule has 3 atom stereocenters. The highest BCUT2D eigenvalue weighted by molar-refractivity contribution is 5.84. The van der Waals surface area contributed by atoms with Crippen molar-refractivity contribution >= 4 is 5.91 Å². The Morgan fingerprint density at radius 2 is 1.88 bits per heavy atom. The highest BCUT2D eigenvalue weighted by Crippen LogP contribution is 2.26. The number of aliphatic hydroxyl groups excluding tert-OH is 2. The van der Waals surface area contributed by atoms with E-state index in [9.17, 15) is 15.0 Å². The number of hydrogen-bond acceptors (Lipinski definition) is 4. The summed E-state index contributed by atoms with van der Waals surface area (Å²) in [6.07, 6.45) is -2.46. The second-order valence-electron chi connectivity index (χ2n) is 3.69. The van der Waals surface area contributed by atoms with Crippen molar-refractivity contribution in [3.05, 3.63) is 29.8 Å². The average molecular weight is 223 g/mol. The lowest BCUT2D eigenvalue weighted by molar-refractivity contribution is -0.128. The minimum atomic E-state index is -1.35. The van der Waals surface area contributed by atoms with Gasteiger partial charge in [-0.15, -0.1) is 0 Å². The summed E-state index contributed by atoms with van der Waals surface area (Å²) in [5.74, 6) is 0.149. The van der Waals surface area contributed by atoms with Crippen molar-refractivity contribution in [1.29, 1.82) is 0 Å². The molecule has 1 aliphatic rings. The van der Waals surface area contributed by atoms with Gasteiger partial charge < -0.3 is 20.3 Å². The van der Waals surface area contributed by atoms with Crippen molar-refractivity contribution in [1.82, 2.24) is 5.32 Å². The molecular weight excluding hydrogens is 210 g/mol. The molecule has 86 valence electrons. The van der Waals surface area contributed by atoms with Crippen LogP contribution < -0.4 is 10.1 Å². The smallest absolute Gasteiger partial charge is 0.252 e. The van der Waals surface area contributed by atoms with E-state index < -0.39 is 24.2 Å². The van der Waals surface area contributed by atoms with Gasteiger partial charge in [-0.05, 0) is 17.7 Å². The minimum absolute atomic E-state index is 0.548. The van der Waals surface area contributed by atoms with Crippen LogP contribution in [-0.2, 0) is 4.79 Å². The highest BCUT2D eigenvalue weighted by atomic mass is 16.5. The third-order valence-electron chi connectivity index (χ3n) is 2.71. The van der Waals surface area contributed by atoms with E-state index >= 15 is 0 Å². The Labute approximate surface area is 92.7 Å². The summed E-state index contributed by atoms with van der Waals surface area (Å²) in [4.78, 5) is 11.1. The molecule has 0 bridgehead atoms. The van der Waals surface area contributed by atoms with Gasteiger partial charge in [0, 0.05) is 0 Å². The van der Waals surface area contributed by atoms with E-state index in [1.165, 1.54) is 0 Å². The molecule has 1 aromatic carbocycles. The molecule has 2 rings (SSSR count). The van der Waals surface area contributed by atoms with Crippen LogP contribution in [0.3, 0.4) is 0 Å². The summed E-state index contributed by atoms with van der Waals surface area (Å²) in [6, 6.07) is 6.39. The average Bonchev–Trinajstić information content (AvgIpc) is 2.57. The standard InChI is InChI=1S/C11H13NO4/c1-16-7-4-2-6(3-5-7)8-9(13)10(14)11(15)12-8/h2-5,8-10,13-14H,1H3,(H,12,15)/t8-,9+,10-/m1/s1. The van der Waals surface area contributed by atoms with Gasteiger partial charge >= 0.3 is 0 Å². The van der Waals surface area contributed by atoms with Crippen molar-refractivity contribution in [2.24, 2.45) is 0 Å². The Kier molecular flexibility index (Phi) is 2.80. The molecule has 0 saturated carbocycles. The summed E-state index contributed by atoms with van der Waals surface area (Å²) in [6.45, 7) is 0. The van der Waals surface area contributed by atoms with Gasteiger partial charge in [-0.1, -0.05) is 12.1 Å². The number of carbonyl (C=O) groups excluding carboxylic acids is 1. The van der Waals surface area contributed by atoms with Crippen LogP contribution in [0.5, 0.6) is 5.75 Å². The topological polar surface area (TPSA) is 78.8 Å². The number of aliphatic hydroxyl groups is 2. The maximum atomic E-state index is 11.1. The number of benzene rings is 1. The zero-order chi connectivity index (χ0) is 11.7. The number of ether oxygens (including phenoxy) is 1. The Morgan fingerprint density at radius 3 is 2.31 bits per heavy atom. The Bertz CT molecular complexity index is 389. The fourth-order valence-corrected chi connectivity index (χ4v) is 1.75. The first-order valence-electron chi connectivity index (χ1n) is 4.94. The molecule has 16 heavy (non-hydrogen) atoms. The van der Waals surface area contributed by atoms with Gasteiger partial charge in [-0.3, -0.25) is 4.79 Å². The molecule has 5 nitrogen and oxygen atoms in total. The van der Waals surface area contributed by atoms with E-state index in [2.05, 4.69) is 5.32 Å². The maximum Gasteiger partial charge on any atom is 0.252 e. The van der Waals surface area contributed by atoms with Crippen molar-refractivity contribution in [2.45, 2.75) is 18.2 Å². The van der Waals surface area contributed by atoms with Crippen LogP contribution in [0, 0.1) is 0 Å². The zero-order valence-corrected chi connectivity index (χ0v) is 8.75. The summed E-state index contributed by atoms with van der Waals surface area (Å²) in [5, 5.41) is 21.5. The van der Waals surface area contributed by atoms with Crippen molar-refractivity contribution < 1.29 is 19.7 Å². The van der Waals surface area contributed by atoms with Gasteiger partial charge in [0.2, 0.25) is 0 Å². The number of carbonyl (C=O) groups is 1. The van der Waals surface area contributed by atoms with E-state index in [0.29, 0.717) is 5.75 Å². The number of rotatable bonds is 2. The quantitative estimate of drug-likeness (QED) is 0.636. The van der Waals surface area contributed by atoms with E-state index in [4.69, 9.17) is 4.74 Å². The molecule has 1 saturated heterocycles. The minimum Gasteiger partial charge on any atom is -0.497 e. The van der Waals surface area contributed by atoms with Gasteiger partial charge in [0.15, 0.2) is 6.10 Å². The van der Waals surface area contributed by atoms with Gasteiger partial charge in [0.1, 0.15) is 11.9 Å². The van der Waals surface area contributed by atoms with Crippen LogP contribution in [-0.4, -0.2) is 35.4 Å². The lowest BCUT2D eigenvalue weighted by atomic mass is 10.0. The first-order valence-corrected chi connectivity index (χ1v) is 4.94. The third-order valence-corrected chi connectivity index (χ3v) is 2.71. The van der Waals surface area contributed by atoms with Crippen molar-refractivity contribution in [2.75, 3.05) is 7.11 Å². The van der Waals surface area contributed by atoms with Crippen LogP contribution in [0.4, 0.5) is 0 Å². The van der Waals surface area contributed by atoms with Gasteiger partial charge in [-0.25, -0.2) is 0 Å². The first-order chi connectivity index (χ1) is 7.63. The monoisotopic (exact) mass is 223 g/mol. The number of nitrogens with one attached hydrogen (secondary N) is 1. The van der Waals surface area contributed by atoms with E-state index in [0.717, 1.165) is 5.56 Å². The van der Waals surface area contributed by atoms with Crippen LogP contribution in [0.15, 0.2) is 24.3 Å². The second-order valence-corrected chi connectivity index (χ2v) is 3.69. The summed E-state index contributed by atoms with van der Waals surface area (Å²) < 4.78 is 5.00. The van der Waals surface area contributed by atoms with Crippen LogP contribution >= 0.6 is 0 Å². The molecule has 1 fully saturated rings. The lowest BCUT2D eigenvalue weighted by Crippen LogP contribution is -2.27. The van der Waals surface area contributed by atoms with Gasteiger partial charge in [0.05, 0.1) is 13.2 Å². The summed E-state index contributed by atoms with van der Waals surface area (Å²) in [5.41, 5.74) is 0.734. The number of methoxy groups -OCH3 is 1. The molecule has 5 heteroatoms. The molecule has 1 heterocycles. The molecule has 0 spiro atoms. The molecule has 0 aliphatic carbocycles. The maximum absolute atomic E-state index is 11.1. The van der Waals surface area contributed by atoms with Crippen molar-refractivity contribution in [3.63, 3.8) is 0 Å². The Balaban J connectivity index is 2.21.